The molecule has 0 aromatic heterocycles. The average Bonchev–Trinajstić information content (AvgIpc) is 2.28. The summed E-state index contributed by atoms with van der Waals surface area (Å²) in [4.78, 5) is 10.4. The molecule has 0 aliphatic rings. The Kier molecular flexibility index (Phi) is 5.37. The Balaban J connectivity index is 2.74. The molecule has 5 nitrogen and oxygen atoms in total. The summed E-state index contributed by atoms with van der Waals surface area (Å²) in [7, 11) is 1.66. The highest BCUT2D eigenvalue weighted by molar-refractivity contribution is 9.10. The molecule has 1 aromatic rings. The summed E-state index contributed by atoms with van der Waals surface area (Å²) in [5.74, 6) is 0. The van der Waals surface area contributed by atoms with Crippen LogP contribution in [0.25, 0.3) is 0 Å². The Labute approximate surface area is 108 Å². The number of hydrogen-bond donors (Lipinski definition) is 1. The average molecular weight is 303 g/mol. The highest BCUT2D eigenvalue weighted by Gasteiger charge is 2.13. The lowest BCUT2D eigenvalue weighted by Crippen LogP contribution is -2.05. The van der Waals surface area contributed by atoms with Gasteiger partial charge in [-0.15, -0.1) is 0 Å². The molecule has 0 heterocycles. The van der Waals surface area contributed by atoms with Crippen molar-refractivity contribution in [2.24, 2.45) is 0 Å². The summed E-state index contributed by atoms with van der Waals surface area (Å²) in [5, 5.41) is 13.9. The van der Waals surface area contributed by atoms with Crippen molar-refractivity contribution in [2.45, 2.75) is 13.3 Å². The van der Waals surface area contributed by atoms with Crippen molar-refractivity contribution in [1.82, 2.24) is 0 Å². The van der Waals surface area contributed by atoms with Gasteiger partial charge in [0.2, 0.25) is 0 Å². The van der Waals surface area contributed by atoms with Crippen molar-refractivity contribution in [2.75, 3.05) is 25.6 Å². The van der Waals surface area contributed by atoms with Crippen LogP contribution < -0.4 is 5.32 Å². The van der Waals surface area contributed by atoms with Crippen LogP contribution in [0.15, 0.2) is 16.6 Å². The lowest BCUT2D eigenvalue weighted by Gasteiger charge is -2.09. The molecule has 1 N–H and O–H groups in total. The van der Waals surface area contributed by atoms with E-state index in [0.717, 1.165) is 18.7 Å². The molecular formula is C11H15BrN2O3. The maximum atomic E-state index is 10.7. The molecule has 1 rings (SSSR count). The van der Waals surface area contributed by atoms with Gasteiger partial charge in [-0.3, -0.25) is 10.1 Å². The number of nitro benzene ring substituents is 1. The predicted molar refractivity (Wildman–Crippen MR) is 70.5 cm³/mol. The fourth-order valence-electron chi connectivity index (χ4n) is 1.44. The minimum absolute atomic E-state index is 0.124. The van der Waals surface area contributed by atoms with Gasteiger partial charge in [-0.05, 0) is 35.3 Å². The normalized spacial score (nSPS) is 10.3. The Morgan fingerprint density at radius 1 is 1.53 bits per heavy atom. The molecule has 0 saturated carbocycles. The van der Waals surface area contributed by atoms with E-state index in [1.54, 1.807) is 20.1 Å². The third-order valence-corrected chi connectivity index (χ3v) is 2.98. The monoisotopic (exact) mass is 302 g/mol. The molecule has 0 fully saturated rings. The second kappa shape index (κ2) is 6.56. The van der Waals surface area contributed by atoms with Crippen LogP contribution >= 0.6 is 15.9 Å². The Hall–Kier alpha value is -1.14. The van der Waals surface area contributed by atoms with Crippen LogP contribution in [0.2, 0.25) is 0 Å². The number of halogens is 1. The molecule has 1 aromatic carbocycles. The van der Waals surface area contributed by atoms with Gasteiger partial charge in [-0.25, -0.2) is 0 Å². The lowest BCUT2D eigenvalue weighted by molar-refractivity contribution is -0.385. The van der Waals surface area contributed by atoms with Crippen LogP contribution in [0.3, 0.4) is 0 Å². The molecule has 0 aliphatic carbocycles. The van der Waals surface area contributed by atoms with Crippen LogP contribution in [0.5, 0.6) is 0 Å². The third-order valence-electron chi connectivity index (χ3n) is 2.32. The summed E-state index contributed by atoms with van der Waals surface area (Å²) in [6.45, 7) is 3.19. The largest absolute Gasteiger partial charge is 0.385 e. The van der Waals surface area contributed by atoms with Crippen LogP contribution in [0, 0.1) is 17.0 Å². The van der Waals surface area contributed by atoms with Crippen LogP contribution in [-0.4, -0.2) is 25.2 Å². The van der Waals surface area contributed by atoms with Crippen LogP contribution in [-0.2, 0) is 4.74 Å². The predicted octanol–water partition coefficient (Wildman–Crippen LogP) is 3.11. The first-order chi connectivity index (χ1) is 8.06. The Bertz CT molecular complexity index is 410. The van der Waals surface area contributed by atoms with E-state index in [0.29, 0.717) is 16.6 Å². The van der Waals surface area contributed by atoms with Crippen molar-refractivity contribution in [1.29, 1.82) is 0 Å². The first-order valence-electron chi connectivity index (χ1n) is 5.23. The Morgan fingerprint density at radius 3 is 2.82 bits per heavy atom. The standard InChI is InChI=1S/C11H15BrN2O3/c1-8-6-10(13-4-3-5-17-2)9(12)7-11(8)14(15)16/h6-7,13H,3-5H2,1-2H3. The molecule has 0 radical (unpaired) electrons. The molecule has 0 amide bonds. The molecule has 6 heteroatoms. The number of benzene rings is 1. The second-order valence-electron chi connectivity index (χ2n) is 3.65. The van der Waals surface area contributed by atoms with Gasteiger partial charge in [0.05, 0.1) is 4.92 Å². The zero-order valence-electron chi connectivity index (χ0n) is 9.83. The van der Waals surface area contributed by atoms with Gasteiger partial charge in [-0.1, -0.05) is 0 Å². The fourth-order valence-corrected chi connectivity index (χ4v) is 1.91. The zero-order chi connectivity index (χ0) is 12.8. The maximum Gasteiger partial charge on any atom is 0.273 e. The van der Waals surface area contributed by atoms with Crippen molar-refractivity contribution < 1.29 is 9.66 Å². The van der Waals surface area contributed by atoms with Gasteiger partial charge in [-0.2, -0.15) is 0 Å². The number of nitro groups is 1. The molecule has 0 spiro atoms. The first-order valence-corrected chi connectivity index (χ1v) is 6.03. The molecule has 94 valence electrons. The minimum Gasteiger partial charge on any atom is -0.385 e. The van der Waals surface area contributed by atoms with E-state index in [1.165, 1.54) is 6.07 Å². The summed E-state index contributed by atoms with van der Waals surface area (Å²) in [6, 6.07) is 3.29. The van der Waals surface area contributed by atoms with Crippen LogP contribution in [0.1, 0.15) is 12.0 Å². The van der Waals surface area contributed by atoms with Gasteiger partial charge < -0.3 is 10.1 Å². The van der Waals surface area contributed by atoms with Gasteiger partial charge in [0, 0.05) is 42.1 Å². The summed E-state index contributed by atoms with van der Waals surface area (Å²) < 4.78 is 5.64. The van der Waals surface area contributed by atoms with Crippen molar-refractivity contribution in [3.8, 4) is 0 Å². The second-order valence-corrected chi connectivity index (χ2v) is 4.50. The number of rotatable bonds is 6. The van der Waals surface area contributed by atoms with Crippen LogP contribution in [0.4, 0.5) is 11.4 Å². The first kappa shape index (κ1) is 13.9. The topological polar surface area (TPSA) is 64.4 Å². The number of nitrogens with one attached hydrogen (secondary N) is 1. The lowest BCUT2D eigenvalue weighted by atomic mass is 10.2. The van der Waals surface area contributed by atoms with E-state index in [-0.39, 0.29) is 10.6 Å². The summed E-state index contributed by atoms with van der Waals surface area (Å²) >= 11 is 3.32. The highest BCUT2D eigenvalue weighted by atomic mass is 79.9. The zero-order valence-corrected chi connectivity index (χ0v) is 11.4. The number of nitrogens with zero attached hydrogens (tertiary/aromatic N) is 1. The molecule has 0 aliphatic heterocycles. The van der Waals surface area contributed by atoms with Crippen molar-refractivity contribution >= 4 is 27.3 Å². The van der Waals surface area contributed by atoms with E-state index in [2.05, 4.69) is 21.2 Å². The van der Waals surface area contributed by atoms with Gasteiger partial charge >= 0.3 is 0 Å². The third kappa shape index (κ3) is 3.98. The smallest absolute Gasteiger partial charge is 0.273 e. The van der Waals surface area contributed by atoms with Gasteiger partial charge in [0.25, 0.3) is 5.69 Å². The number of anilines is 1. The number of aryl methyl sites for hydroxylation is 1. The number of ether oxygens (including phenoxy) is 1. The van der Waals surface area contributed by atoms with E-state index < -0.39 is 0 Å². The van der Waals surface area contributed by atoms with E-state index in [1.807, 2.05) is 0 Å². The molecule has 17 heavy (non-hydrogen) atoms. The van der Waals surface area contributed by atoms with Crippen molar-refractivity contribution in [3.63, 3.8) is 0 Å². The Morgan fingerprint density at radius 2 is 2.24 bits per heavy atom. The minimum atomic E-state index is -0.380. The van der Waals surface area contributed by atoms with E-state index >= 15 is 0 Å². The van der Waals surface area contributed by atoms with Gasteiger partial charge in [0.15, 0.2) is 0 Å². The van der Waals surface area contributed by atoms with E-state index in [4.69, 9.17) is 4.74 Å². The number of hydrogen-bond acceptors (Lipinski definition) is 4. The molecule has 0 unspecified atom stereocenters. The molecule has 0 saturated heterocycles. The molecular weight excluding hydrogens is 288 g/mol. The molecule has 0 bridgehead atoms. The SMILES string of the molecule is COCCCNc1cc(C)c([N+](=O)[O-])cc1Br. The maximum absolute atomic E-state index is 10.7. The van der Waals surface area contributed by atoms with Gasteiger partial charge in [0.1, 0.15) is 0 Å². The summed E-state index contributed by atoms with van der Waals surface area (Å²) in [6.07, 6.45) is 0.888. The van der Waals surface area contributed by atoms with E-state index in [9.17, 15) is 10.1 Å². The molecule has 0 atom stereocenters. The highest BCUT2D eigenvalue weighted by Crippen LogP contribution is 2.30. The summed E-state index contributed by atoms with van der Waals surface area (Å²) in [5.41, 5.74) is 1.64. The number of methoxy groups -OCH3 is 1. The fraction of sp³-hybridized carbons (Fsp3) is 0.455. The quantitative estimate of drug-likeness (QED) is 0.498. The van der Waals surface area contributed by atoms with Crippen molar-refractivity contribution in [3.05, 3.63) is 32.3 Å².